The molecule has 6 nitrogen and oxygen atoms in total. The van der Waals surface area contributed by atoms with Gasteiger partial charge in [-0.3, -0.25) is 4.79 Å². The predicted molar refractivity (Wildman–Crippen MR) is 93.3 cm³/mol. The summed E-state index contributed by atoms with van der Waals surface area (Å²) < 4.78 is 10.9. The lowest BCUT2D eigenvalue weighted by atomic mass is 10.1. The average Bonchev–Trinajstić information content (AvgIpc) is 3.18. The number of carbonyl (C=O) groups excluding carboxylic acids is 1. The van der Waals surface area contributed by atoms with Crippen LogP contribution < -0.4 is 0 Å². The van der Waals surface area contributed by atoms with Gasteiger partial charge in [-0.25, -0.2) is 0 Å². The van der Waals surface area contributed by atoms with Gasteiger partial charge in [0.2, 0.25) is 5.89 Å². The molecule has 2 heterocycles. The van der Waals surface area contributed by atoms with Crippen LogP contribution in [0.1, 0.15) is 34.8 Å². The molecule has 0 radical (unpaired) electrons. The van der Waals surface area contributed by atoms with E-state index in [1.165, 1.54) is 0 Å². The second kappa shape index (κ2) is 7.11. The number of aryl methyl sites for hydroxylation is 2. The summed E-state index contributed by atoms with van der Waals surface area (Å²) in [5, 5.41) is 4.32. The van der Waals surface area contributed by atoms with Crippen molar-refractivity contribution in [2.24, 2.45) is 0 Å². The summed E-state index contributed by atoms with van der Waals surface area (Å²) in [5.41, 5.74) is 1.25. The molecule has 7 heteroatoms. The van der Waals surface area contributed by atoms with E-state index in [0.29, 0.717) is 40.4 Å². The topological polar surface area (TPSA) is 72.4 Å². The van der Waals surface area contributed by atoms with Gasteiger partial charge in [-0.1, -0.05) is 28.9 Å². The summed E-state index contributed by atoms with van der Waals surface area (Å²) in [6, 6.07) is 9.08. The van der Waals surface area contributed by atoms with Crippen LogP contribution in [0.3, 0.4) is 0 Å². The van der Waals surface area contributed by atoms with E-state index in [9.17, 15) is 4.79 Å². The Morgan fingerprint density at radius 1 is 1.28 bits per heavy atom. The number of hydrogen-bond donors (Lipinski definition) is 0. The number of benzene rings is 1. The highest BCUT2D eigenvalue weighted by Crippen LogP contribution is 2.31. The van der Waals surface area contributed by atoms with Crippen molar-refractivity contribution < 1.29 is 13.7 Å². The van der Waals surface area contributed by atoms with Crippen LogP contribution >= 0.6 is 11.6 Å². The van der Waals surface area contributed by atoms with Gasteiger partial charge in [0, 0.05) is 12.1 Å². The van der Waals surface area contributed by atoms with Crippen molar-refractivity contribution in [3.8, 4) is 11.3 Å². The molecule has 1 amide bonds. The van der Waals surface area contributed by atoms with E-state index in [4.69, 9.17) is 20.5 Å². The highest BCUT2D eigenvalue weighted by molar-refractivity contribution is 6.33. The molecular weight excluding hydrogens is 342 g/mol. The molecule has 0 saturated carbocycles. The molecule has 0 aliphatic rings. The lowest BCUT2D eigenvalue weighted by molar-refractivity contribution is 0.0732. The zero-order chi connectivity index (χ0) is 18.0. The first-order chi connectivity index (χ1) is 12.0. The maximum absolute atomic E-state index is 12.9. The van der Waals surface area contributed by atoms with E-state index in [-0.39, 0.29) is 12.5 Å². The third kappa shape index (κ3) is 3.58. The van der Waals surface area contributed by atoms with Gasteiger partial charge in [0.1, 0.15) is 18.1 Å². The van der Waals surface area contributed by atoms with Crippen LogP contribution in [0.5, 0.6) is 0 Å². The number of halogens is 1. The fourth-order valence-electron chi connectivity index (χ4n) is 2.55. The minimum atomic E-state index is -0.155. The monoisotopic (exact) mass is 359 g/mol. The van der Waals surface area contributed by atoms with Gasteiger partial charge >= 0.3 is 0 Å². The molecule has 0 N–H and O–H groups in total. The van der Waals surface area contributed by atoms with Gasteiger partial charge in [-0.2, -0.15) is 4.98 Å². The second-order valence-electron chi connectivity index (χ2n) is 5.62. The lowest BCUT2D eigenvalue weighted by Crippen LogP contribution is -2.30. The third-order valence-electron chi connectivity index (χ3n) is 3.85. The standard InChI is InChI=1S/C18H18ClN3O3/c1-4-22(10-17-20-12(3)21-25-17)18(23)14-9-16(24-11(14)2)13-7-5-6-8-15(13)19/h5-9H,4,10H2,1-3H3. The molecule has 0 bridgehead atoms. The predicted octanol–water partition coefficient (Wildman–Crippen LogP) is 4.26. The molecule has 0 saturated heterocycles. The average molecular weight is 360 g/mol. The number of hydrogen-bond acceptors (Lipinski definition) is 5. The highest BCUT2D eigenvalue weighted by atomic mass is 35.5. The molecular formula is C18H18ClN3O3. The molecule has 130 valence electrons. The Kier molecular flexibility index (Phi) is 4.90. The molecule has 1 aromatic carbocycles. The van der Waals surface area contributed by atoms with Crippen molar-refractivity contribution in [2.75, 3.05) is 6.54 Å². The second-order valence-corrected chi connectivity index (χ2v) is 6.02. The first kappa shape index (κ1) is 17.2. The van der Waals surface area contributed by atoms with Crippen molar-refractivity contribution in [1.29, 1.82) is 0 Å². The van der Waals surface area contributed by atoms with Crippen molar-refractivity contribution in [3.63, 3.8) is 0 Å². The third-order valence-corrected chi connectivity index (χ3v) is 4.18. The van der Waals surface area contributed by atoms with Crippen molar-refractivity contribution in [1.82, 2.24) is 15.0 Å². The Morgan fingerprint density at radius 3 is 2.68 bits per heavy atom. The highest BCUT2D eigenvalue weighted by Gasteiger charge is 2.23. The maximum Gasteiger partial charge on any atom is 0.257 e. The molecule has 0 unspecified atom stereocenters. The lowest BCUT2D eigenvalue weighted by Gasteiger charge is -2.18. The van der Waals surface area contributed by atoms with Crippen molar-refractivity contribution in [3.05, 3.63) is 58.4 Å². The van der Waals surface area contributed by atoms with Gasteiger partial charge in [-0.05, 0) is 39.0 Å². The molecule has 0 aliphatic heterocycles. The minimum Gasteiger partial charge on any atom is -0.460 e. The molecule has 3 rings (SSSR count). The van der Waals surface area contributed by atoms with E-state index in [1.54, 1.807) is 30.9 Å². The summed E-state index contributed by atoms with van der Waals surface area (Å²) in [5.74, 6) is 1.90. The number of furan rings is 1. The molecule has 0 spiro atoms. The normalized spacial score (nSPS) is 10.9. The largest absolute Gasteiger partial charge is 0.460 e. The summed E-state index contributed by atoms with van der Waals surface area (Å²) >= 11 is 6.22. The summed E-state index contributed by atoms with van der Waals surface area (Å²) in [6.07, 6.45) is 0. The quantitative estimate of drug-likeness (QED) is 0.680. The number of nitrogens with zero attached hydrogens (tertiary/aromatic N) is 3. The Hall–Kier alpha value is -2.60. The molecule has 3 aromatic rings. The van der Waals surface area contributed by atoms with Crippen LogP contribution in [0.25, 0.3) is 11.3 Å². The Morgan fingerprint density at radius 2 is 2.04 bits per heavy atom. The summed E-state index contributed by atoms with van der Waals surface area (Å²) in [4.78, 5) is 18.7. The summed E-state index contributed by atoms with van der Waals surface area (Å²) in [6.45, 7) is 6.15. The van der Waals surface area contributed by atoms with Crippen LogP contribution in [-0.2, 0) is 6.54 Å². The molecule has 0 fully saturated rings. The maximum atomic E-state index is 12.9. The minimum absolute atomic E-state index is 0.155. The zero-order valence-corrected chi connectivity index (χ0v) is 15.0. The molecule has 0 aliphatic carbocycles. The fourth-order valence-corrected chi connectivity index (χ4v) is 2.78. The SMILES string of the molecule is CCN(Cc1nc(C)no1)C(=O)c1cc(-c2ccccc2Cl)oc1C. The Bertz CT molecular complexity index is 901. The number of carbonyl (C=O) groups is 1. The van der Waals surface area contributed by atoms with Gasteiger partial charge < -0.3 is 13.8 Å². The van der Waals surface area contributed by atoms with E-state index in [1.807, 2.05) is 25.1 Å². The molecule has 25 heavy (non-hydrogen) atoms. The fraction of sp³-hybridized carbons (Fsp3) is 0.278. The van der Waals surface area contributed by atoms with Crippen LogP contribution in [0, 0.1) is 13.8 Å². The van der Waals surface area contributed by atoms with Crippen LogP contribution in [0.2, 0.25) is 5.02 Å². The van der Waals surface area contributed by atoms with E-state index in [2.05, 4.69) is 10.1 Å². The molecule has 0 atom stereocenters. The van der Waals surface area contributed by atoms with Gasteiger partial charge in [0.05, 0.1) is 10.6 Å². The smallest absolute Gasteiger partial charge is 0.257 e. The van der Waals surface area contributed by atoms with E-state index in [0.717, 1.165) is 5.56 Å². The van der Waals surface area contributed by atoms with Crippen LogP contribution in [-0.4, -0.2) is 27.5 Å². The Balaban J connectivity index is 1.87. The van der Waals surface area contributed by atoms with Crippen molar-refractivity contribution in [2.45, 2.75) is 27.3 Å². The Labute approximate surface area is 150 Å². The molecule has 2 aromatic heterocycles. The van der Waals surface area contributed by atoms with Crippen molar-refractivity contribution >= 4 is 17.5 Å². The number of aromatic nitrogens is 2. The van der Waals surface area contributed by atoms with Crippen LogP contribution in [0.4, 0.5) is 0 Å². The van der Waals surface area contributed by atoms with Gasteiger partial charge in [0.25, 0.3) is 5.91 Å². The number of rotatable bonds is 5. The zero-order valence-electron chi connectivity index (χ0n) is 14.2. The van der Waals surface area contributed by atoms with Gasteiger partial charge in [-0.15, -0.1) is 0 Å². The summed E-state index contributed by atoms with van der Waals surface area (Å²) in [7, 11) is 0. The van der Waals surface area contributed by atoms with Gasteiger partial charge in [0.15, 0.2) is 5.82 Å². The van der Waals surface area contributed by atoms with Crippen LogP contribution in [0.15, 0.2) is 39.3 Å². The van der Waals surface area contributed by atoms with E-state index < -0.39 is 0 Å². The first-order valence-electron chi connectivity index (χ1n) is 7.93. The number of amides is 1. The first-order valence-corrected chi connectivity index (χ1v) is 8.31. The van der Waals surface area contributed by atoms with E-state index >= 15 is 0 Å².